The molecule has 0 saturated carbocycles. The first-order valence-electron chi connectivity index (χ1n) is 4.12. The van der Waals surface area contributed by atoms with Gasteiger partial charge in [-0.15, -0.1) is 9.36 Å². The van der Waals surface area contributed by atoms with Crippen LogP contribution in [0.3, 0.4) is 0 Å². The molecule has 0 aliphatic carbocycles. The zero-order valence-electron chi connectivity index (χ0n) is 7.12. The summed E-state index contributed by atoms with van der Waals surface area (Å²) in [5, 5.41) is 0. The van der Waals surface area contributed by atoms with Crippen molar-refractivity contribution in [1.29, 1.82) is 0 Å². The van der Waals surface area contributed by atoms with Crippen molar-refractivity contribution in [3.63, 3.8) is 0 Å². The minimum absolute atomic E-state index is 0.277. The molecule has 13 heavy (non-hydrogen) atoms. The molecule has 0 aromatic carbocycles. The number of hydrogen-bond donors (Lipinski definition) is 0. The van der Waals surface area contributed by atoms with Crippen molar-refractivity contribution in [2.45, 2.75) is 13.0 Å². The first-order chi connectivity index (χ1) is 6.38. The Morgan fingerprint density at radius 1 is 1.46 bits per heavy atom. The van der Waals surface area contributed by atoms with Crippen LogP contribution in [0, 0.1) is 0 Å². The molecule has 2 aromatic heterocycles. The molecule has 64 valence electrons. The van der Waals surface area contributed by atoms with Crippen molar-refractivity contribution >= 4 is 0 Å². The van der Waals surface area contributed by atoms with E-state index in [0.717, 1.165) is 11.4 Å². The molecule has 5 heteroatoms. The maximum atomic E-state index is 4.21. The van der Waals surface area contributed by atoms with Gasteiger partial charge in [0.1, 0.15) is 12.4 Å². The number of rotatable bonds is 0. The Hall–Kier alpha value is -1.78. The summed E-state index contributed by atoms with van der Waals surface area (Å²) in [6.45, 7) is 2.10. The molecule has 3 heterocycles. The van der Waals surface area contributed by atoms with E-state index in [2.05, 4.69) is 21.9 Å². The van der Waals surface area contributed by atoms with Crippen LogP contribution in [0.4, 0.5) is 0 Å². The van der Waals surface area contributed by atoms with Gasteiger partial charge in [-0.25, -0.2) is 9.97 Å². The Morgan fingerprint density at radius 2 is 2.38 bits per heavy atom. The van der Waals surface area contributed by atoms with E-state index in [9.17, 15) is 0 Å². The zero-order valence-corrected chi connectivity index (χ0v) is 7.12. The minimum atomic E-state index is 0.277. The topological polar surface area (TPSA) is 47.5 Å². The average molecular weight is 174 g/mol. The van der Waals surface area contributed by atoms with Crippen molar-refractivity contribution < 1.29 is 4.68 Å². The number of hydrogen-bond acceptors (Lipinski definition) is 3. The monoisotopic (exact) mass is 174 g/mol. The van der Waals surface area contributed by atoms with Crippen LogP contribution in [0.2, 0.25) is 0 Å². The number of aromatic nitrogens is 5. The van der Waals surface area contributed by atoms with Crippen LogP contribution >= 0.6 is 0 Å². The Kier molecular flexibility index (Phi) is 1.10. The second-order valence-corrected chi connectivity index (χ2v) is 3.08. The van der Waals surface area contributed by atoms with E-state index in [1.54, 1.807) is 19.0 Å². The molecule has 0 amide bonds. The van der Waals surface area contributed by atoms with Gasteiger partial charge in [-0.05, 0) is 11.9 Å². The highest BCUT2D eigenvalue weighted by Crippen LogP contribution is 2.21. The van der Waals surface area contributed by atoms with E-state index >= 15 is 0 Å². The molecule has 5 nitrogen and oxygen atoms in total. The van der Waals surface area contributed by atoms with Crippen molar-refractivity contribution in [3.8, 4) is 5.82 Å². The first-order valence-corrected chi connectivity index (χ1v) is 4.12. The summed E-state index contributed by atoms with van der Waals surface area (Å²) in [5.74, 6) is 0.931. The quantitative estimate of drug-likeness (QED) is 0.523. The van der Waals surface area contributed by atoms with Crippen LogP contribution in [-0.4, -0.2) is 19.6 Å². The van der Waals surface area contributed by atoms with Crippen LogP contribution in [0.15, 0.2) is 25.2 Å². The van der Waals surface area contributed by atoms with Crippen molar-refractivity contribution in [2.24, 2.45) is 0 Å². The second kappa shape index (κ2) is 2.12. The van der Waals surface area contributed by atoms with Crippen LogP contribution in [0.5, 0.6) is 0 Å². The van der Waals surface area contributed by atoms with E-state index in [4.69, 9.17) is 0 Å². The van der Waals surface area contributed by atoms with Gasteiger partial charge in [0.25, 0.3) is 0 Å². The lowest BCUT2D eigenvalue weighted by molar-refractivity contribution is -0.772. The normalized spacial score (nSPS) is 18.4. The third-order valence-electron chi connectivity index (χ3n) is 2.39. The maximum Gasteiger partial charge on any atom is 0.307 e. The van der Waals surface area contributed by atoms with Gasteiger partial charge in [-0.3, -0.25) is 0 Å². The molecular formula is C8H8N5+. The molecule has 0 radical (unpaired) electrons. The lowest BCUT2D eigenvalue weighted by atomic mass is 10.2. The van der Waals surface area contributed by atoms with Crippen LogP contribution < -0.4 is 4.68 Å². The third kappa shape index (κ3) is 0.708. The van der Waals surface area contributed by atoms with Gasteiger partial charge in [-0.1, -0.05) is 0 Å². The van der Waals surface area contributed by atoms with Crippen molar-refractivity contribution in [3.05, 3.63) is 30.7 Å². The van der Waals surface area contributed by atoms with Crippen LogP contribution in [0.1, 0.15) is 18.5 Å². The Bertz CT molecular complexity index is 461. The van der Waals surface area contributed by atoms with Gasteiger partial charge in [0.2, 0.25) is 6.33 Å². The van der Waals surface area contributed by atoms with Gasteiger partial charge >= 0.3 is 6.33 Å². The molecule has 1 aliphatic heterocycles. The summed E-state index contributed by atoms with van der Waals surface area (Å²) in [6, 6.07) is 0.277. The summed E-state index contributed by atoms with van der Waals surface area (Å²) < 4.78 is 3.96. The molecule has 1 atom stereocenters. The summed E-state index contributed by atoms with van der Waals surface area (Å²) in [4.78, 5) is 12.3. The second-order valence-electron chi connectivity index (χ2n) is 3.08. The van der Waals surface area contributed by atoms with Gasteiger partial charge in [0.15, 0.2) is 5.82 Å². The number of nitrogens with zero attached hydrogens (tertiary/aromatic N) is 5. The molecule has 0 bridgehead atoms. The smallest absolute Gasteiger partial charge is 0.244 e. The molecule has 0 N–H and O–H groups in total. The Balaban J connectivity index is 2.37. The van der Waals surface area contributed by atoms with Crippen molar-refractivity contribution in [1.82, 2.24) is 19.6 Å². The highest BCUT2D eigenvalue weighted by atomic mass is 15.5. The highest BCUT2D eigenvalue weighted by Gasteiger charge is 2.31. The minimum Gasteiger partial charge on any atom is -0.244 e. The summed E-state index contributed by atoms with van der Waals surface area (Å²) in [6.07, 6.45) is 6.97. The summed E-state index contributed by atoms with van der Waals surface area (Å²) >= 11 is 0. The lowest BCUT2D eigenvalue weighted by Crippen LogP contribution is -2.39. The fourth-order valence-electron chi connectivity index (χ4n) is 1.69. The van der Waals surface area contributed by atoms with E-state index in [0.29, 0.717) is 0 Å². The largest absolute Gasteiger partial charge is 0.307 e. The maximum absolute atomic E-state index is 4.21. The summed E-state index contributed by atoms with van der Waals surface area (Å²) in [5.41, 5.74) is 1.14. The molecule has 1 unspecified atom stereocenters. The summed E-state index contributed by atoms with van der Waals surface area (Å²) in [7, 11) is 0. The Morgan fingerprint density at radius 3 is 3.31 bits per heavy atom. The van der Waals surface area contributed by atoms with Crippen LogP contribution in [0.25, 0.3) is 5.82 Å². The third-order valence-corrected chi connectivity index (χ3v) is 2.39. The van der Waals surface area contributed by atoms with E-state index in [1.165, 1.54) is 0 Å². The molecule has 0 saturated heterocycles. The molecule has 2 aromatic rings. The standard InChI is InChI=1S/C8H8N5/c1-6-7-2-9-3-11-8(7)13-5-10-4-12(6)13/h2-6H,1H3/q+1. The van der Waals surface area contributed by atoms with Crippen LogP contribution in [-0.2, 0) is 0 Å². The lowest BCUT2D eigenvalue weighted by Gasteiger charge is -1.96. The fourth-order valence-corrected chi connectivity index (χ4v) is 1.69. The molecular weight excluding hydrogens is 166 g/mol. The number of fused-ring (bicyclic) bond motifs is 3. The molecule has 0 fully saturated rings. The molecule has 0 spiro atoms. The molecule has 1 aliphatic rings. The predicted octanol–water partition coefficient (Wildman–Crippen LogP) is -0.128. The average Bonchev–Trinajstić information content (AvgIpc) is 2.72. The zero-order chi connectivity index (χ0) is 8.84. The van der Waals surface area contributed by atoms with E-state index in [-0.39, 0.29) is 6.04 Å². The first kappa shape index (κ1) is 6.71. The van der Waals surface area contributed by atoms with Gasteiger partial charge < -0.3 is 0 Å². The highest BCUT2D eigenvalue weighted by molar-refractivity contribution is 5.32. The van der Waals surface area contributed by atoms with E-state index < -0.39 is 0 Å². The van der Waals surface area contributed by atoms with Crippen molar-refractivity contribution in [2.75, 3.05) is 0 Å². The Labute approximate surface area is 74.7 Å². The fraction of sp³-hybridized carbons (Fsp3) is 0.250. The van der Waals surface area contributed by atoms with E-state index in [1.807, 2.05) is 15.6 Å². The van der Waals surface area contributed by atoms with Gasteiger partial charge in [-0.2, -0.15) is 0 Å². The van der Waals surface area contributed by atoms with Gasteiger partial charge in [0, 0.05) is 6.20 Å². The molecule has 3 rings (SSSR count). The SMILES string of the molecule is CC1c2cncnc2-n2cnc[n+]21. The van der Waals surface area contributed by atoms with Gasteiger partial charge in [0.05, 0.1) is 5.56 Å². The predicted molar refractivity (Wildman–Crippen MR) is 43.2 cm³/mol.